The number of amides is 1. The van der Waals surface area contributed by atoms with Crippen LogP contribution in [0.3, 0.4) is 0 Å². The van der Waals surface area contributed by atoms with E-state index in [1.165, 1.54) is 0 Å². The number of carbonyl (C=O) groups excluding carboxylic acids is 1. The molecule has 0 saturated heterocycles. The van der Waals surface area contributed by atoms with Gasteiger partial charge in [0, 0.05) is 6.54 Å². The first-order valence-electron chi connectivity index (χ1n) is 6.13. The summed E-state index contributed by atoms with van der Waals surface area (Å²) in [4.78, 5) is 22.8. The second-order valence-corrected chi connectivity index (χ2v) is 4.97. The number of benzene rings is 1. The minimum absolute atomic E-state index is 0.233. The zero-order valence-electron chi connectivity index (χ0n) is 10.7. The Hall–Kier alpha value is -2.12. The van der Waals surface area contributed by atoms with E-state index in [0.717, 1.165) is 0 Å². The van der Waals surface area contributed by atoms with Crippen LogP contribution in [0.25, 0.3) is 0 Å². The maximum absolute atomic E-state index is 13.4. The van der Waals surface area contributed by atoms with Crippen molar-refractivity contribution in [3.8, 4) is 0 Å². The maximum Gasteiger partial charge on any atom is 0.311 e. The van der Waals surface area contributed by atoms with Crippen LogP contribution in [-0.2, 0) is 4.79 Å². The SMILES string of the molecule is O=C(NCC1(C(=O)O)CCC1)c1cc(F)c(F)c(F)c1F. The van der Waals surface area contributed by atoms with Gasteiger partial charge in [0.15, 0.2) is 23.3 Å². The number of carboxylic acids is 1. The van der Waals surface area contributed by atoms with E-state index in [4.69, 9.17) is 5.11 Å². The van der Waals surface area contributed by atoms with Crippen molar-refractivity contribution in [2.45, 2.75) is 19.3 Å². The van der Waals surface area contributed by atoms with Gasteiger partial charge >= 0.3 is 5.97 Å². The molecule has 0 atom stereocenters. The van der Waals surface area contributed by atoms with Gasteiger partial charge in [0.1, 0.15) is 0 Å². The topological polar surface area (TPSA) is 66.4 Å². The molecule has 114 valence electrons. The van der Waals surface area contributed by atoms with Crippen molar-refractivity contribution in [2.75, 3.05) is 6.54 Å². The molecule has 0 aliphatic heterocycles. The van der Waals surface area contributed by atoms with Crippen molar-refractivity contribution in [1.82, 2.24) is 5.32 Å². The molecule has 0 radical (unpaired) electrons. The molecule has 1 amide bonds. The molecule has 0 spiro atoms. The van der Waals surface area contributed by atoms with Crippen molar-refractivity contribution < 1.29 is 32.3 Å². The van der Waals surface area contributed by atoms with E-state index in [2.05, 4.69) is 5.32 Å². The first-order valence-corrected chi connectivity index (χ1v) is 6.13. The molecule has 0 heterocycles. The highest BCUT2D eigenvalue weighted by atomic mass is 19.2. The van der Waals surface area contributed by atoms with Crippen molar-refractivity contribution in [3.05, 3.63) is 34.9 Å². The van der Waals surface area contributed by atoms with Gasteiger partial charge in [0.2, 0.25) is 0 Å². The van der Waals surface area contributed by atoms with E-state index >= 15 is 0 Å². The Morgan fingerprint density at radius 2 is 1.76 bits per heavy atom. The fraction of sp³-hybridized carbons (Fsp3) is 0.385. The third-order valence-electron chi connectivity index (χ3n) is 3.70. The Morgan fingerprint density at radius 1 is 1.14 bits per heavy atom. The molecule has 0 unspecified atom stereocenters. The summed E-state index contributed by atoms with van der Waals surface area (Å²) in [5, 5.41) is 11.2. The van der Waals surface area contributed by atoms with Crippen LogP contribution in [0.2, 0.25) is 0 Å². The predicted octanol–water partition coefficient (Wildman–Crippen LogP) is 2.23. The Balaban J connectivity index is 2.16. The van der Waals surface area contributed by atoms with Crippen LogP contribution in [0.4, 0.5) is 17.6 Å². The second-order valence-electron chi connectivity index (χ2n) is 4.97. The molecule has 2 rings (SSSR count). The first kappa shape index (κ1) is 15.3. The van der Waals surface area contributed by atoms with Crippen LogP contribution < -0.4 is 5.32 Å². The standard InChI is InChI=1S/C13H11F4NO3/c14-7-4-6(8(15)10(17)9(7)16)11(19)18-5-13(12(20)21)2-1-3-13/h4H,1-3,5H2,(H,18,19)(H,20,21). The molecule has 1 aliphatic rings. The third-order valence-corrected chi connectivity index (χ3v) is 3.70. The minimum atomic E-state index is -2.09. The fourth-order valence-corrected chi connectivity index (χ4v) is 2.15. The van der Waals surface area contributed by atoms with E-state index in [9.17, 15) is 27.2 Å². The largest absolute Gasteiger partial charge is 0.481 e. The highest BCUT2D eigenvalue weighted by Gasteiger charge is 2.44. The van der Waals surface area contributed by atoms with Crippen molar-refractivity contribution in [2.24, 2.45) is 5.41 Å². The molecular formula is C13H11F4NO3. The zero-order chi connectivity index (χ0) is 15.8. The van der Waals surface area contributed by atoms with Gasteiger partial charge in [-0.25, -0.2) is 17.6 Å². The van der Waals surface area contributed by atoms with Crippen LogP contribution in [0.1, 0.15) is 29.6 Å². The van der Waals surface area contributed by atoms with Crippen molar-refractivity contribution >= 4 is 11.9 Å². The van der Waals surface area contributed by atoms with Crippen LogP contribution >= 0.6 is 0 Å². The number of hydrogen-bond acceptors (Lipinski definition) is 2. The summed E-state index contributed by atoms with van der Waals surface area (Å²) in [6.07, 6.45) is 1.37. The van der Waals surface area contributed by atoms with Gasteiger partial charge < -0.3 is 10.4 Å². The lowest BCUT2D eigenvalue weighted by Crippen LogP contribution is -2.47. The number of carboxylic acid groups (broad SMARTS) is 1. The van der Waals surface area contributed by atoms with Gasteiger partial charge in [0.05, 0.1) is 11.0 Å². The van der Waals surface area contributed by atoms with E-state index in [-0.39, 0.29) is 12.6 Å². The zero-order valence-corrected chi connectivity index (χ0v) is 10.7. The molecule has 1 fully saturated rings. The molecule has 1 aromatic carbocycles. The van der Waals surface area contributed by atoms with Crippen LogP contribution in [0.5, 0.6) is 0 Å². The van der Waals surface area contributed by atoms with Gasteiger partial charge in [-0.1, -0.05) is 6.42 Å². The molecule has 8 heteroatoms. The first-order chi connectivity index (χ1) is 9.78. The van der Waals surface area contributed by atoms with E-state index in [1.54, 1.807) is 0 Å². The van der Waals surface area contributed by atoms with Gasteiger partial charge in [-0.2, -0.15) is 0 Å². The Morgan fingerprint density at radius 3 is 2.24 bits per heavy atom. The Labute approximate surface area is 116 Å². The van der Waals surface area contributed by atoms with Gasteiger partial charge in [0.25, 0.3) is 5.91 Å². The predicted molar refractivity (Wildman–Crippen MR) is 62.5 cm³/mol. The summed E-state index contributed by atoms with van der Waals surface area (Å²) < 4.78 is 52.2. The summed E-state index contributed by atoms with van der Waals surface area (Å²) in [5.74, 6) is -9.91. The smallest absolute Gasteiger partial charge is 0.311 e. The molecule has 1 aromatic rings. The maximum atomic E-state index is 13.4. The number of halogens is 4. The average Bonchev–Trinajstić information content (AvgIpc) is 2.38. The number of rotatable bonds is 4. The van der Waals surface area contributed by atoms with Crippen molar-refractivity contribution in [3.63, 3.8) is 0 Å². The molecule has 1 saturated carbocycles. The van der Waals surface area contributed by atoms with Crippen LogP contribution in [0.15, 0.2) is 6.07 Å². The number of hydrogen-bond donors (Lipinski definition) is 2. The summed E-state index contributed by atoms with van der Waals surface area (Å²) >= 11 is 0. The van der Waals surface area contributed by atoms with E-state index < -0.39 is 46.1 Å². The summed E-state index contributed by atoms with van der Waals surface area (Å²) in [7, 11) is 0. The van der Waals surface area contributed by atoms with Crippen LogP contribution in [-0.4, -0.2) is 23.5 Å². The second kappa shape index (κ2) is 5.34. The summed E-state index contributed by atoms with van der Waals surface area (Å²) in [6, 6.07) is 0.233. The molecular weight excluding hydrogens is 294 g/mol. The highest BCUT2D eigenvalue weighted by molar-refractivity contribution is 5.95. The third kappa shape index (κ3) is 2.57. The molecule has 0 bridgehead atoms. The van der Waals surface area contributed by atoms with Crippen LogP contribution in [0, 0.1) is 28.7 Å². The monoisotopic (exact) mass is 305 g/mol. The molecule has 4 nitrogen and oxygen atoms in total. The van der Waals surface area contributed by atoms with Gasteiger partial charge in [-0.05, 0) is 18.9 Å². The lowest BCUT2D eigenvalue weighted by Gasteiger charge is -2.37. The average molecular weight is 305 g/mol. The van der Waals surface area contributed by atoms with E-state index in [0.29, 0.717) is 19.3 Å². The molecule has 21 heavy (non-hydrogen) atoms. The Kier molecular flexibility index (Phi) is 3.89. The minimum Gasteiger partial charge on any atom is -0.481 e. The molecule has 1 aliphatic carbocycles. The lowest BCUT2D eigenvalue weighted by molar-refractivity contribution is -0.153. The van der Waals surface area contributed by atoms with Crippen molar-refractivity contribution in [1.29, 1.82) is 0 Å². The molecule has 2 N–H and O–H groups in total. The highest BCUT2D eigenvalue weighted by Crippen LogP contribution is 2.40. The normalized spacial score (nSPS) is 16.2. The quantitative estimate of drug-likeness (QED) is 0.509. The van der Waals surface area contributed by atoms with Gasteiger partial charge in [-0.15, -0.1) is 0 Å². The number of aliphatic carboxylic acids is 1. The number of nitrogens with one attached hydrogen (secondary N) is 1. The van der Waals surface area contributed by atoms with E-state index in [1.807, 2.05) is 0 Å². The fourth-order valence-electron chi connectivity index (χ4n) is 2.15. The summed E-state index contributed by atoms with van der Waals surface area (Å²) in [5.41, 5.74) is -2.14. The van der Waals surface area contributed by atoms with Gasteiger partial charge in [-0.3, -0.25) is 9.59 Å². The summed E-state index contributed by atoms with van der Waals surface area (Å²) in [6.45, 7) is -0.290. The lowest BCUT2D eigenvalue weighted by atomic mass is 9.69. The molecule has 0 aromatic heterocycles. The Bertz CT molecular complexity index is 614. The number of carbonyl (C=O) groups is 2.